The second-order valence-electron chi connectivity index (χ2n) is 6.85. The number of amides is 1. The molecule has 7 heteroatoms. The topological polar surface area (TPSA) is 85.4 Å². The maximum Gasteiger partial charge on any atom is 0.271 e. The second kappa shape index (κ2) is 11.0. The van der Waals surface area contributed by atoms with E-state index in [0.29, 0.717) is 19.0 Å². The van der Waals surface area contributed by atoms with Crippen molar-refractivity contribution < 1.29 is 14.3 Å². The number of nitrogens with zero attached hydrogens (tertiary/aromatic N) is 2. The molecule has 2 aromatic rings. The summed E-state index contributed by atoms with van der Waals surface area (Å²) in [7, 11) is 1.62. The average molecular weight is 396 g/mol. The van der Waals surface area contributed by atoms with E-state index in [1.165, 1.54) is 37.5 Å². The van der Waals surface area contributed by atoms with Crippen LogP contribution in [0.4, 0.5) is 5.82 Å². The lowest BCUT2D eigenvalue weighted by atomic mass is 9.97. The molecule has 2 N–H and O–H groups in total. The summed E-state index contributed by atoms with van der Waals surface area (Å²) in [5.74, 6) is 1.91. The Balaban J connectivity index is 1.35. The summed E-state index contributed by atoms with van der Waals surface area (Å²) in [6, 6.07) is 7.29. The molecule has 1 aromatic carbocycles. The van der Waals surface area contributed by atoms with E-state index in [0.717, 1.165) is 24.5 Å². The highest BCUT2D eigenvalue weighted by molar-refractivity contribution is 5.91. The third-order valence-electron chi connectivity index (χ3n) is 4.74. The van der Waals surface area contributed by atoms with Gasteiger partial charge in [0.2, 0.25) is 0 Å². The molecule has 0 radical (unpaired) electrons. The van der Waals surface area contributed by atoms with Gasteiger partial charge in [-0.15, -0.1) is 0 Å². The Bertz CT molecular complexity index is 804. The quantitative estimate of drug-likeness (QED) is 0.471. The van der Waals surface area contributed by atoms with Crippen molar-refractivity contribution in [1.82, 2.24) is 15.3 Å². The van der Waals surface area contributed by atoms with Crippen LogP contribution in [-0.4, -0.2) is 42.7 Å². The van der Waals surface area contributed by atoms with Crippen LogP contribution in [0.25, 0.3) is 0 Å². The van der Waals surface area contributed by atoms with Crippen LogP contribution in [0.2, 0.25) is 0 Å². The molecule has 0 bridgehead atoms. The Morgan fingerprint density at radius 3 is 2.59 bits per heavy atom. The zero-order chi connectivity index (χ0) is 20.3. The number of hydrogen-bond acceptors (Lipinski definition) is 6. The first kappa shape index (κ1) is 20.6. The fraction of sp³-hybridized carbons (Fsp3) is 0.409. The van der Waals surface area contributed by atoms with Crippen LogP contribution in [0.5, 0.6) is 11.5 Å². The van der Waals surface area contributed by atoms with Gasteiger partial charge in [-0.3, -0.25) is 4.79 Å². The summed E-state index contributed by atoms with van der Waals surface area (Å²) in [4.78, 5) is 20.6. The van der Waals surface area contributed by atoms with Gasteiger partial charge in [-0.2, -0.15) is 0 Å². The van der Waals surface area contributed by atoms with Crippen molar-refractivity contribution in [3.8, 4) is 11.5 Å². The molecule has 0 spiro atoms. The first-order valence-corrected chi connectivity index (χ1v) is 10.0. The molecular formula is C22H28N4O3. The fourth-order valence-corrected chi connectivity index (χ4v) is 3.12. The molecule has 0 saturated carbocycles. The molecule has 1 aromatic heterocycles. The minimum absolute atomic E-state index is 0.269. The number of hydrogen-bond donors (Lipinski definition) is 2. The largest absolute Gasteiger partial charge is 0.497 e. The van der Waals surface area contributed by atoms with Crippen molar-refractivity contribution in [2.24, 2.45) is 0 Å². The highest BCUT2D eigenvalue weighted by Gasteiger charge is 2.08. The van der Waals surface area contributed by atoms with Crippen LogP contribution in [0.3, 0.4) is 0 Å². The van der Waals surface area contributed by atoms with Crippen LogP contribution in [0.1, 0.15) is 42.6 Å². The highest BCUT2D eigenvalue weighted by Crippen LogP contribution is 2.20. The van der Waals surface area contributed by atoms with Gasteiger partial charge in [0.15, 0.2) is 0 Å². The maximum absolute atomic E-state index is 12.2. The third kappa shape index (κ3) is 6.78. The van der Waals surface area contributed by atoms with Gasteiger partial charge < -0.3 is 20.1 Å². The van der Waals surface area contributed by atoms with Gasteiger partial charge in [0.05, 0.1) is 26.0 Å². The Kier molecular flexibility index (Phi) is 7.86. The lowest BCUT2D eigenvalue weighted by molar-refractivity contribution is 0.0941. The highest BCUT2D eigenvalue weighted by atomic mass is 16.5. The van der Waals surface area contributed by atoms with E-state index in [1.54, 1.807) is 13.3 Å². The number of benzene rings is 1. The molecule has 0 unspecified atom stereocenters. The molecule has 1 aliphatic carbocycles. The molecule has 0 fully saturated rings. The zero-order valence-electron chi connectivity index (χ0n) is 16.8. The maximum atomic E-state index is 12.2. The van der Waals surface area contributed by atoms with E-state index in [2.05, 4.69) is 26.7 Å². The molecule has 7 nitrogen and oxygen atoms in total. The normalized spacial score (nSPS) is 13.3. The standard InChI is InChI=1S/C22H28N4O3/c1-28-18-7-9-19(10-8-18)29-14-13-24-22(27)20-15-26-21(16-25-20)23-12-11-17-5-3-2-4-6-17/h5,7-10,15-16H,2-4,6,11-14H2,1H3,(H,23,26)(H,24,27). The molecule has 1 heterocycles. The first-order valence-electron chi connectivity index (χ1n) is 10.0. The predicted molar refractivity (Wildman–Crippen MR) is 113 cm³/mol. The number of rotatable bonds is 10. The Hall–Kier alpha value is -3.09. The van der Waals surface area contributed by atoms with Crippen molar-refractivity contribution in [1.29, 1.82) is 0 Å². The van der Waals surface area contributed by atoms with Gasteiger partial charge in [-0.1, -0.05) is 11.6 Å². The summed E-state index contributed by atoms with van der Waals surface area (Å²) < 4.78 is 10.7. The summed E-state index contributed by atoms with van der Waals surface area (Å²) in [6.45, 7) is 1.57. The van der Waals surface area contributed by atoms with Crippen molar-refractivity contribution in [3.05, 3.63) is 54.0 Å². The minimum Gasteiger partial charge on any atom is -0.497 e. The van der Waals surface area contributed by atoms with Crippen molar-refractivity contribution in [2.75, 3.05) is 32.1 Å². The number of aromatic nitrogens is 2. The molecule has 0 aliphatic heterocycles. The van der Waals surface area contributed by atoms with Crippen molar-refractivity contribution in [2.45, 2.75) is 32.1 Å². The number of anilines is 1. The summed E-state index contributed by atoms with van der Waals surface area (Å²) in [5.41, 5.74) is 1.81. The van der Waals surface area contributed by atoms with E-state index in [4.69, 9.17) is 9.47 Å². The van der Waals surface area contributed by atoms with Gasteiger partial charge in [0.25, 0.3) is 5.91 Å². The van der Waals surface area contributed by atoms with E-state index < -0.39 is 0 Å². The predicted octanol–water partition coefficient (Wildman–Crippen LogP) is 3.60. The number of nitrogens with one attached hydrogen (secondary N) is 2. The molecular weight excluding hydrogens is 368 g/mol. The first-order chi connectivity index (χ1) is 14.2. The molecule has 0 atom stereocenters. The Labute approximate surface area is 171 Å². The third-order valence-corrected chi connectivity index (χ3v) is 4.74. The number of methoxy groups -OCH3 is 1. The van der Waals surface area contributed by atoms with Crippen molar-refractivity contribution in [3.63, 3.8) is 0 Å². The van der Waals surface area contributed by atoms with E-state index in [-0.39, 0.29) is 11.6 Å². The Morgan fingerprint density at radius 2 is 1.90 bits per heavy atom. The monoisotopic (exact) mass is 396 g/mol. The smallest absolute Gasteiger partial charge is 0.271 e. The van der Waals surface area contributed by atoms with Crippen LogP contribution < -0.4 is 20.1 Å². The van der Waals surface area contributed by atoms with E-state index in [1.807, 2.05) is 24.3 Å². The number of ether oxygens (including phenoxy) is 2. The summed E-state index contributed by atoms with van der Waals surface area (Å²) in [6.07, 6.45) is 11.5. The SMILES string of the molecule is COc1ccc(OCCNC(=O)c2cnc(NCCC3=CCCCC3)cn2)cc1. The average Bonchev–Trinajstić information content (AvgIpc) is 2.78. The van der Waals surface area contributed by atoms with E-state index in [9.17, 15) is 4.79 Å². The van der Waals surface area contributed by atoms with Crippen LogP contribution in [0, 0.1) is 0 Å². The van der Waals surface area contributed by atoms with Crippen molar-refractivity contribution >= 4 is 11.7 Å². The van der Waals surface area contributed by atoms with Gasteiger partial charge in [-0.25, -0.2) is 9.97 Å². The molecule has 1 amide bonds. The van der Waals surface area contributed by atoms with Gasteiger partial charge in [0.1, 0.15) is 29.6 Å². The minimum atomic E-state index is -0.269. The van der Waals surface area contributed by atoms with Crippen LogP contribution in [-0.2, 0) is 0 Å². The molecule has 29 heavy (non-hydrogen) atoms. The zero-order valence-corrected chi connectivity index (χ0v) is 16.8. The van der Waals surface area contributed by atoms with E-state index >= 15 is 0 Å². The molecule has 0 saturated heterocycles. The number of carbonyl (C=O) groups is 1. The van der Waals surface area contributed by atoms with Crippen LogP contribution >= 0.6 is 0 Å². The van der Waals surface area contributed by atoms with Gasteiger partial charge in [0, 0.05) is 6.54 Å². The van der Waals surface area contributed by atoms with Gasteiger partial charge in [-0.05, 0) is 56.4 Å². The molecule has 3 rings (SSSR count). The number of allylic oxidation sites excluding steroid dienone is 1. The van der Waals surface area contributed by atoms with Gasteiger partial charge >= 0.3 is 0 Å². The Morgan fingerprint density at radius 1 is 1.07 bits per heavy atom. The molecule has 1 aliphatic rings. The summed E-state index contributed by atoms with van der Waals surface area (Å²) >= 11 is 0. The number of carbonyl (C=O) groups excluding carboxylic acids is 1. The van der Waals surface area contributed by atoms with Crippen LogP contribution in [0.15, 0.2) is 48.3 Å². The molecule has 154 valence electrons. The lowest BCUT2D eigenvalue weighted by Gasteiger charge is -2.13. The second-order valence-corrected chi connectivity index (χ2v) is 6.85. The summed E-state index contributed by atoms with van der Waals surface area (Å²) in [5, 5.41) is 6.04. The lowest BCUT2D eigenvalue weighted by Crippen LogP contribution is -2.29. The fourth-order valence-electron chi connectivity index (χ4n) is 3.12.